The number of rotatable bonds is 11. The zero-order valence-electron chi connectivity index (χ0n) is 38.3. The Balaban J connectivity index is 1.73. The van der Waals surface area contributed by atoms with Gasteiger partial charge in [0.15, 0.2) is 0 Å². The van der Waals surface area contributed by atoms with Gasteiger partial charge >= 0.3 is 30.3 Å². The Morgan fingerprint density at radius 2 is 1.39 bits per heavy atom. The number of aliphatic hydroxyl groups is 2. The predicted molar refractivity (Wildman–Crippen MR) is 230 cm³/mol. The van der Waals surface area contributed by atoms with Gasteiger partial charge in [-0.15, -0.1) is 0 Å². The Morgan fingerprint density at radius 1 is 0.864 bits per heavy atom. The molecule has 4 rings (SSSR count). The molecule has 2 bridgehead atoms. The Morgan fingerprint density at radius 3 is 1.91 bits per heavy atom. The van der Waals surface area contributed by atoms with Crippen LogP contribution in [-0.4, -0.2) is 90.5 Å². The van der Waals surface area contributed by atoms with Gasteiger partial charge in [-0.05, 0) is 64.4 Å². The van der Waals surface area contributed by atoms with E-state index in [1.54, 1.807) is 19.9 Å². The van der Waals surface area contributed by atoms with E-state index in [0.717, 1.165) is 44.6 Å². The van der Waals surface area contributed by atoms with Crippen LogP contribution in [0.25, 0.3) is 0 Å². The van der Waals surface area contributed by atoms with Gasteiger partial charge in [0.25, 0.3) is 11.2 Å². The van der Waals surface area contributed by atoms with Crippen molar-refractivity contribution in [2.45, 2.75) is 133 Å². The smallest absolute Gasteiger partial charge is 0.432 e. The first-order valence-corrected chi connectivity index (χ1v) is 21.5. The maximum Gasteiger partial charge on any atom is 0.432 e. The van der Waals surface area contributed by atoms with E-state index in [0.29, 0.717) is 5.57 Å². The summed E-state index contributed by atoms with van der Waals surface area (Å²) in [5, 5.41) is 23.4. The highest BCUT2D eigenvalue weighted by Crippen LogP contribution is 2.46. The number of hydrogen-bond donors (Lipinski definition) is 2. The number of hydrogen-bond acceptors (Lipinski definition) is 11. The Bertz CT molecular complexity index is 2090. The third-order valence-corrected chi connectivity index (χ3v) is 12.6. The van der Waals surface area contributed by atoms with E-state index >= 15 is 0 Å². The third kappa shape index (κ3) is 11.6. The molecule has 0 spiro atoms. The molecule has 0 aromatic heterocycles. The number of benzene rings is 2. The number of cyclic esters (lactones) is 1. The molecular weight excluding hydrogens is 879 g/mol. The van der Waals surface area contributed by atoms with Crippen molar-refractivity contribution in [2.24, 2.45) is 17.8 Å². The van der Waals surface area contributed by atoms with Crippen LogP contribution in [0.1, 0.15) is 84.8 Å². The number of carbonyl (C=O) groups is 3. The first-order chi connectivity index (χ1) is 30.7. The van der Waals surface area contributed by atoms with Crippen LogP contribution in [0.5, 0.6) is 0 Å². The van der Waals surface area contributed by atoms with Gasteiger partial charge in [0.05, 0.1) is 6.10 Å². The highest BCUT2D eigenvalue weighted by atomic mass is 19.4. The van der Waals surface area contributed by atoms with Crippen molar-refractivity contribution < 1.29 is 79.4 Å². The van der Waals surface area contributed by atoms with Crippen molar-refractivity contribution in [1.82, 2.24) is 0 Å². The molecule has 11 atom stereocenters. The van der Waals surface area contributed by atoms with Crippen LogP contribution < -0.4 is 0 Å². The second kappa shape index (κ2) is 21.4. The van der Waals surface area contributed by atoms with Crippen LogP contribution in [0, 0.1) is 17.8 Å². The number of halogens is 6. The molecule has 2 aromatic carbocycles. The SMILES string of the molecule is C=C1C[C@@H]2C/C=C/[C@H](OC(=O)[C@@](OC)(c3ccccc3)C(F)(F)F)[C@H](C)/C(C)=C\C(=O)O[C@H](C[C@H](C)[C@H](C)OC(=O)[C@@](OC)(c3ccccc3)C(F)(F)F)[C@@H](C)C/C=C/[C@@](C)(O)[C@](O)(C1)O2. The summed E-state index contributed by atoms with van der Waals surface area (Å²) in [6, 6.07) is 12.5. The van der Waals surface area contributed by atoms with Gasteiger partial charge in [-0.2, -0.15) is 26.3 Å². The van der Waals surface area contributed by atoms with Crippen molar-refractivity contribution in [3.63, 3.8) is 0 Å². The molecule has 66 heavy (non-hydrogen) atoms. The molecule has 1 fully saturated rings. The molecule has 0 saturated carbocycles. The summed E-state index contributed by atoms with van der Waals surface area (Å²) in [5.41, 5.74) is -9.32. The van der Waals surface area contributed by atoms with E-state index in [4.69, 9.17) is 28.4 Å². The standard InChI is InChI=1S/C49H60F6O11/c1-30-26-38-23-16-24-39(65-43(58)47(62-9,49(53,54)55)37-21-14-11-15-22-37)34(5)32(3)28-41(56)64-40(31(2)18-17-25-44(7,59)45(60,29-30)66-38)27-33(4)35(6)63-42(57)46(61-8,48(50,51)52)36-19-12-10-13-20-36/h10-17,19-22,24-25,28,31,33-35,38-40,59-60H,1,18,23,26-27,29H2,2-9H3/b24-16+,25-17+,32-28-/t31-,33-,34+,35-,38-,39-,40+,44+,45-,46-,47-/m0/s1. The van der Waals surface area contributed by atoms with E-state index < -0.39 is 106 Å². The normalized spacial score (nSPS) is 30.6. The lowest BCUT2D eigenvalue weighted by molar-refractivity contribution is -0.305. The van der Waals surface area contributed by atoms with Crippen molar-refractivity contribution in [3.05, 3.63) is 120 Å². The quantitative estimate of drug-likeness (QED) is 0.0962. The van der Waals surface area contributed by atoms with Gasteiger partial charge in [-0.25, -0.2) is 14.4 Å². The van der Waals surface area contributed by atoms with Crippen LogP contribution >= 0.6 is 0 Å². The minimum atomic E-state index is -5.30. The van der Waals surface area contributed by atoms with Crippen LogP contribution in [0.2, 0.25) is 0 Å². The Hall–Kier alpha value is -4.81. The average Bonchev–Trinajstić information content (AvgIpc) is 3.22. The first kappa shape index (κ1) is 53.8. The molecule has 2 aliphatic heterocycles. The van der Waals surface area contributed by atoms with Crippen molar-refractivity contribution in [3.8, 4) is 0 Å². The summed E-state index contributed by atoms with van der Waals surface area (Å²) in [7, 11) is 1.48. The molecule has 0 amide bonds. The van der Waals surface area contributed by atoms with E-state index in [2.05, 4.69) is 6.58 Å². The van der Waals surface area contributed by atoms with Crippen molar-refractivity contribution in [2.75, 3.05) is 14.2 Å². The van der Waals surface area contributed by atoms with Crippen LogP contribution in [0.15, 0.2) is 109 Å². The fraction of sp³-hybridized carbons (Fsp3) is 0.531. The van der Waals surface area contributed by atoms with E-state index in [1.807, 2.05) is 0 Å². The molecule has 0 radical (unpaired) electrons. The lowest BCUT2D eigenvalue weighted by Crippen LogP contribution is -2.56. The van der Waals surface area contributed by atoms with Gasteiger partial charge in [-0.1, -0.05) is 117 Å². The summed E-state index contributed by atoms with van der Waals surface area (Å²) in [6.45, 7) is 13.0. The van der Waals surface area contributed by atoms with Crippen molar-refractivity contribution in [1.29, 1.82) is 0 Å². The lowest BCUT2D eigenvalue weighted by atomic mass is 9.83. The van der Waals surface area contributed by atoms with Crippen LogP contribution in [-0.2, 0) is 54.0 Å². The Labute approximate surface area is 381 Å². The summed E-state index contributed by atoms with van der Waals surface area (Å²) >= 11 is 0. The van der Waals surface area contributed by atoms with E-state index in [9.17, 15) is 50.9 Å². The maximum absolute atomic E-state index is 14.9. The number of ether oxygens (including phenoxy) is 6. The number of methoxy groups -OCH3 is 2. The predicted octanol–water partition coefficient (Wildman–Crippen LogP) is 9.28. The number of alkyl halides is 6. The third-order valence-electron chi connectivity index (χ3n) is 12.6. The number of fused-ring (bicyclic) bond motifs is 2. The zero-order valence-corrected chi connectivity index (χ0v) is 38.3. The van der Waals surface area contributed by atoms with Crippen LogP contribution in [0.3, 0.4) is 0 Å². The molecular formula is C49H60F6O11. The molecule has 2 aliphatic rings. The van der Waals surface area contributed by atoms with E-state index in [1.165, 1.54) is 82.3 Å². The molecule has 2 heterocycles. The maximum atomic E-state index is 14.9. The van der Waals surface area contributed by atoms with E-state index in [-0.39, 0.29) is 37.7 Å². The van der Waals surface area contributed by atoms with Gasteiger partial charge in [0.1, 0.15) is 23.9 Å². The lowest BCUT2D eigenvalue weighted by Gasteiger charge is -2.45. The minimum absolute atomic E-state index is 0.0274. The topological polar surface area (TPSA) is 147 Å². The van der Waals surface area contributed by atoms with Crippen LogP contribution in [0.4, 0.5) is 26.3 Å². The summed E-state index contributed by atoms with van der Waals surface area (Å²) in [5.74, 6) is -8.94. The van der Waals surface area contributed by atoms with Crippen molar-refractivity contribution >= 4 is 17.9 Å². The monoisotopic (exact) mass is 938 g/mol. The summed E-state index contributed by atoms with van der Waals surface area (Å²) < 4.78 is 122. The molecule has 11 nitrogen and oxygen atoms in total. The number of carbonyl (C=O) groups excluding carboxylic acids is 3. The summed E-state index contributed by atoms with van der Waals surface area (Å²) in [6.07, 6.45) is -8.05. The molecule has 0 unspecified atom stereocenters. The average molecular weight is 939 g/mol. The largest absolute Gasteiger partial charge is 0.460 e. The molecule has 2 aromatic rings. The number of esters is 3. The second-order valence-corrected chi connectivity index (χ2v) is 17.4. The molecule has 17 heteroatoms. The number of allylic oxidation sites excluding steroid dienone is 1. The molecule has 2 N–H and O–H groups in total. The molecule has 0 aliphatic carbocycles. The highest BCUT2D eigenvalue weighted by molar-refractivity contribution is 5.84. The Kier molecular flexibility index (Phi) is 17.5. The molecule has 364 valence electrons. The fourth-order valence-corrected chi connectivity index (χ4v) is 8.05. The summed E-state index contributed by atoms with van der Waals surface area (Å²) in [4.78, 5) is 41.1. The van der Waals surface area contributed by atoms with Gasteiger partial charge in [0, 0.05) is 43.8 Å². The van der Waals surface area contributed by atoms with Gasteiger partial charge in [-0.3, -0.25) is 0 Å². The van der Waals surface area contributed by atoms with Gasteiger partial charge in [0.2, 0.25) is 5.79 Å². The molecule has 1 saturated heterocycles. The zero-order chi connectivity index (χ0) is 49.5. The first-order valence-electron chi connectivity index (χ1n) is 21.5. The minimum Gasteiger partial charge on any atom is -0.460 e. The second-order valence-electron chi connectivity index (χ2n) is 17.4. The fourth-order valence-electron chi connectivity index (χ4n) is 8.05. The highest BCUT2D eigenvalue weighted by Gasteiger charge is 2.65. The van der Waals surface area contributed by atoms with Gasteiger partial charge < -0.3 is 38.6 Å².